The van der Waals surface area contributed by atoms with E-state index in [4.69, 9.17) is 20.9 Å². The molecular formula is C19H25ClN2O4S. The largest absolute Gasteiger partial charge is 0.491 e. The van der Waals surface area contributed by atoms with E-state index in [0.717, 1.165) is 18.1 Å². The minimum Gasteiger partial charge on any atom is -0.491 e. The molecule has 27 heavy (non-hydrogen) atoms. The third-order valence-corrected chi connectivity index (χ3v) is 6.76. The predicted octanol–water partition coefficient (Wildman–Crippen LogP) is 4.84. The van der Waals surface area contributed by atoms with Gasteiger partial charge in [0.05, 0.1) is 23.3 Å². The Morgan fingerprint density at radius 3 is 3.00 bits per heavy atom. The number of sulfonamides is 1. The van der Waals surface area contributed by atoms with Crippen LogP contribution in [0.5, 0.6) is 5.75 Å². The lowest BCUT2D eigenvalue weighted by atomic mass is 9.59. The smallest absolute Gasteiger partial charge is 0.231 e. The highest BCUT2D eigenvalue weighted by molar-refractivity contribution is 7.92. The maximum Gasteiger partial charge on any atom is 0.231 e. The van der Waals surface area contributed by atoms with Crippen LogP contribution in [-0.4, -0.2) is 26.4 Å². The molecule has 1 aromatic heterocycles. The number of ether oxygens (including phenoxy) is 1. The zero-order valence-electron chi connectivity index (χ0n) is 15.6. The molecule has 2 aromatic rings. The fraction of sp³-hybridized carbons (Fsp3) is 0.632. The van der Waals surface area contributed by atoms with Crippen molar-refractivity contribution in [1.82, 2.24) is 5.16 Å². The Morgan fingerprint density at radius 2 is 2.22 bits per heavy atom. The number of hydrogen-bond acceptors (Lipinski definition) is 5. The van der Waals surface area contributed by atoms with Gasteiger partial charge in [0.2, 0.25) is 10.0 Å². The van der Waals surface area contributed by atoms with Gasteiger partial charge < -0.3 is 9.26 Å². The van der Waals surface area contributed by atoms with Crippen molar-refractivity contribution in [2.24, 2.45) is 17.3 Å². The average molecular weight is 413 g/mol. The lowest BCUT2D eigenvalue weighted by Gasteiger charge is -2.47. The second-order valence-electron chi connectivity index (χ2n) is 8.48. The third kappa shape index (κ3) is 4.04. The molecule has 1 aromatic carbocycles. The van der Waals surface area contributed by atoms with Gasteiger partial charge in [0.25, 0.3) is 0 Å². The van der Waals surface area contributed by atoms with E-state index in [1.807, 2.05) is 0 Å². The minimum absolute atomic E-state index is 0.135. The van der Waals surface area contributed by atoms with E-state index >= 15 is 0 Å². The van der Waals surface area contributed by atoms with E-state index in [-0.39, 0.29) is 11.2 Å². The Morgan fingerprint density at radius 1 is 1.41 bits per heavy atom. The van der Waals surface area contributed by atoms with Crippen LogP contribution in [-0.2, 0) is 10.0 Å². The third-order valence-electron chi connectivity index (χ3n) is 5.90. The topological polar surface area (TPSA) is 81.4 Å². The van der Waals surface area contributed by atoms with E-state index < -0.39 is 10.0 Å². The molecule has 6 nitrogen and oxygen atoms in total. The quantitative estimate of drug-likeness (QED) is 0.759. The summed E-state index contributed by atoms with van der Waals surface area (Å²) in [5.74, 6) is 2.25. The highest BCUT2D eigenvalue weighted by Crippen LogP contribution is 2.51. The number of fused-ring (bicyclic) bond motifs is 3. The van der Waals surface area contributed by atoms with Gasteiger partial charge in [-0.15, -0.1) is 0 Å². The summed E-state index contributed by atoms with van der Waals surface area (Å²) in [6.45, 7) is 3.00. The second kappa shape index (κ2) is 6.85. The second-order valence-corrected chi connectivity index (χ2v) is 10.6. The van der Waals surface area contributed by atoms with Gasteiger partial charge in [0.1, 0.15) is 5.75 Å². The molecule has 3 atom stereocenters. The van der Waals surface area contributed by atoms with Crippen LogP contribution in [0.25, 0.3) is 11.0 Å². The summed E-state index contributed by atoms with van der Waals surface area (Å²) in [7, 11) is -3.45. The first kappa shape index (κ1) is 18.9. The minimum atomic E-state index is -3.45. The molecule has 2 bridgehead atoms. The van der Waals surface area contributed by atoms with Crippen molar-refractivity contribution in [3.05, 3.63) is 17.2 Å². The molecule has 0 aliphatic heterocycles. The van der Waals surface area contributed by atoms with Crippen LogP contribution in [0.4, 0.5) is 5.82 Å². The van der Waals surface area contributed by atoms with Crippen LogP contribution in [0.15, 0.2) is 16.7 Å². The summed E-state index contributed by atoms with van der Waals surface area (Å²) in [6, 6.07) is 3.34. The van der Waals surface area contributed by atoms with Crippen molar-refractivity contribution in [2.75, 3.05) is 17.6 Å². The van der Waals surface area contributed by atoms with Gasteiger partial charge in [-0.3, -0.25) is 4.72 Å². The number of nitrogens with one attached hydrogen (secondary N) is 1. The number of hydrogen-bond donors (Lipinski definition) is 1. The molecule has 0 spiro atoms. The van der Waals surface area contributed by atoms with Gasteiger partial charge in [0.15, 0.2) is 11.4 Å². The van der Waals surface area contributed by atoms with Crippen LogP contribution in [0.2, 0.25) is 5.02 Å². The molecule has 0 amide bonds. The lowest BCUT2D eigenvalue weighted by Crippen LogP contribution is -2.40. The van der Waals surface area contributed by atoms with E-state index in [9.17, 15) is 8.42 Å². The number of halogens is 1. The van der Waals surface area contributed by atoms with Gasteiger partial charge in [-0.05, 0) is 43.6 Å². The fourth-order valence-electron chi connectivity index (χ4n) is 5.08. The normalized spacial score (nSPS) is 28.3. The monoisotopic (exact) mass is 412 g/mol. The summed E-state index contributed by atoms with van der Waals surface area (Å²) in [5, 5.41) is 4.73. The predicted molar refractivity (Wildman–Crippen MR) is 106 cm³/mol. The molecule has 4 rings (SSSR count). The van der Waals surface area contributed by atoms with Crippen molar-refractivity contribution in [2.45, 2.75) is 45.4 Å². The summed E-state index contributed by atoms with van der Waals surface area (Å²) in [5.41, 5.74) is 0.681. The van der Waals surface area contributed by atoms with Crippen LogP contribution in [0.1, 0.15) is 45.4 Å². The summed E-state index contributed by atoms with van der Waals surface area (Å²) < 4.78 is 36.7. The maximum absolute atomic E-state index is 11.4. The molecule has 8 heteroatoms. The molecule has 148 valence electrons. The first-order chi connectivity index (χ1) is 12.7. The van der Waals surface area contributed by atoms with Crippen molar-refractivity contribution < 1.29 is 17.7 Å². The zero-order chi connectivity index (χ0) is 19.2. The van der Waals surface area contributed by atoms with Gasteiger partial charge >= 0.3 is 0 Å². The van der Waals surface area contributed by atoms with E-state index in [1.165, 1.54) is 38.5 Å². The van der Waals surface area contributed by atoms with E-state index in [2.05, 4.69) is 16.8 Å². The zero-order valence-corrected chi connectivity index (χ0v) is 17.2. The summed E-state index contributed by atoms with van der Waals surface area (Å²) in [4.78, 5) is 0. The summed E-state index contributed by atoms with van der Waals surface area (Å²) >= 11 is 6.41. The Bertz CT molecular complexity index is 954. The van der Waals surface area contributed by atoms with E-state index in [0.29, 0.717) is 28.3 Å². The fourth-order valence-corrected chi connectivity index (χ4v) is 5.80. The number of benzene rings is 1. The van der Waals surface area contributed by atoms with Gasteiger partial charge in [-0.25, -0.2) is 8.42 Å². The maximum atomic E-state index is 11.4. The number of nitrogens with zero attached hydrogens (tertiary/aromatic N) is 1. The van der Waals surface area contributed by atoms with Crippen LogP contribution < -0.4 is 9.46 Å². The van der Waals surface area contributed by atoms with Gasteiger partial charge in [0, 0.05) is 11.5 Å². The SMILES string of the molecule is CC1CC2CCCC(COc3cc4onc(NS(C)(=O)=O)c4cc3Cl)(C1)C2. The number of anilines is 1. The molecule has 2 aliphatic rings. The van der Waals surface area contributed by atoms with Crippen LogP contribution in [0.3, 0.4) is 0 Å². The molecule has 2 fully saturated rings. The molecule has 2 aliphatic carbocycles. The number of rotatable bonds is 5. The Hall–Kier alpha value is -1.47. The molecule has 1 N–H and O–H groups in total. The van der Waals surface area contributed by atoms with Crippen molar-refractivity contribution >= 4 is 38.4 Å². The Balaban J connectivity index is 1.55. The van der Waals surface area contributed by atoms with Crippen LogP contribution in [0, 0.1) is 17.3 Å². The molecular weight excluding hydrogens is 388 g/mol. The molecule has 3 unspecified atom stereocenters. The standard InChI is InChI=1S/C19H25ClN2O4S/c1-12-6-13-4-3-5-19(9-12,10-13)11-25-17-8-16-14(7-15(17)20)18(21-26-16)22-27(2,23)24/h7-8,12-13H,3-6,9-11H2,1-2H3,(H,21,22). The first-order valence-electron chi connectivity index (χ1n) is 9.43. The highest BCUT2D eigenvalue weighted by atomic mass is 35.5. The highest BCUT2D eigenvalue weighted by Gasteiger charge is 2.42. The first-order valence-corrected chi connectivity index (χ1v) is 11.7. The van der Waals surface area contributed by atoms with E-state index in [1.54, 1.807) is 12.1 Å². The molecule has 1 heterocycles. The van der Waals surface area contributed by atoms with Gasteiger partial charge in [-0.2, -0.15) is 0 Å². The molecule has 2 saturated carbocycles. The van der Waals surface area contributed by atoms with Crippen LogP contribution >= 0.6 is 11.6 Å². The van der Waals surface area contributed by atoms with Crippen molar-refractivity contribution in [3.8, 4) is 5.75 Å². The van der Waals surface area contributed by atoms with Gasteiger partial charge in [-0.1, -0.05) is 36.5 Å². The summed E-state index contributed by atoms with van der Waals surface area (Å²) in [6.07, 6.45) is 8.66. The lowest BCUT2D eigenvalue weighted by molar-refractivity contribution is 0.00492. The Kier molecular flexibility index (Phi) is 4.79. The number of aromatic nitrogens is 1. The Labute approximate surface area is 164 Å². The average Bonchev–Trinajstić information content (AvgIpc) is 2.92. The van der Waals surface area contributed by atoms with Crippen molar-refractivity contribution in [3.63, 3.8) is 0 Å². The molecule has 0 saturated heterocycles. The van der Waals surface area contributed by atoms with Crippen molar-refractivity contribution in [1.29, 1.82) is 0 Å². The molecule has 0 radical (unpaired) electrons.